The van der Waals surface area contributed by atoms with Crippen LogP contribution in [0.1, 0.15) is 0 Å². The van der Waals surface area contributed by atoms with Crippen LogP contribution in [-0.4, -0.2) is 11.7 Å². The lowest BCUT2D eigenvalue weighted by molar-refractivity contribution is -0.514. The molecule has 0 heterocycles. The van der Waals surface area contributed by atoms with Crippen LogP contribution in [-0.2, 0) is 0 Å². The van der Waals surface area contributed by atoms with Gasteiger partial charge in [0.25, 0.3) is 0 Å². The lowest BCUT2D eigenvalue weighted by Crippen LogP contribution is -2.08. The maximum atomic E-state index is 10.3. The van der Waals surface area contributed by atoms with E-state index in [1.807, 2.05) is 42.5 Å². The topological polar surface area (TPSA) is 52.4 Å². The molecule has 0 unspecified atom stereocenters. The van der Waals surface area contributed by atoms with E-state index in [0.29, 0.717) is 5.75 Å². The van der Waals surface area contributed by atoms with Crippen molar-refractivity contribution in [3.05, 3.63) is 64.7 Å². The molecule has 0 saturated heterocycles. The highest BCUT2D eigenvalue weighted by atomic mass is 16.7. The van der Waals surface area contributed by atoms with Crippen LogP contribution in [0.25, 0.3) is 11.1 Å². The number of nitrogens with zero attached hydrogens (tertiary/aromatic N) is 1. The Morgan fingerprint density at radius 1 is 1.00 bits per heavy atom. The van der Waals surface area contributed by atoms with Gasteiger partial charge in [0.05, 0.1) is 4.92 Å². The van der Waals surface area contributed by atoms with Crippen molar-refractivity contribution in [2.75, 3.05) is 6.73 Å². The van der Waals surface area contributed by atoms with E-state index >= 15 is 0 Å². The van der Waals surface area contributed by atoms with E-state index in [2.05, 4.69) is 0 Å². The molecular formula is C13H11NO3. The van der Waals surface area contributed by atoms with Crippen molar-refractivity contribution >= 4 is 0 Å². The van der Waals surface area contributed by atoms with Crippen molar-refractivity contribution in [1.82, 2.24) is 0 Å². The van der Waals surface area contributed by atoms with Crippen LogP contribution in [0.2, 0.25) is 0 Å². The third-order valence-corrected chi connectivity index (χ3v) is 2.30. The third kappa shape index (κ3) is 2.81. The van der Waals surface area contributed by atoms with E-state index in [4.69, 9.17) is 4.74 Å². The van der Waals surface area contributed by atoms with E-state index in [9.17, 15) is 10.1 Å². The fourth-order valence-corrected chi connectivity index (χ4v) is 1.57. The van der Waals surface area contributed by atoms with Gasteiger partial charge in [0.1, 0.15) is 5.75 Å². The molecule has 4 heteroatoms. The van der Waals surface area contributed by atoms with Gasteiger partial charge in [-0.05, 0) is 11.6 Å². The van der Waals surface area contributed by atoms with Crippen molar-refractivity contribution in [3.63, 3.8) is 0 Å². The molecule has 0 aromatic heterocycles. The molecule has 86 valence electrons. The minimum absolute atomic E-state index is 0.498. The molecule has 0 saturated carbocycles. The minimum Gasteiger partial charge on any atom is -0.431 e. The van der Waals surface area contributed by atoms with E-state index in [-0.39, 0.29) is 0 Å². The lowest BCUT2D eigenvalue weighted by atomic mass is 10.1. The van der Waals surface area contributed by atoms with E-state index in [1.54, 1.807) is 12.1 Å². The fourth-order valence-electron chi connectivity index (χ4n) is 1.57. The Bertz CT molecular complexity index is 511. The van der Waals surface area contributed by atoms with Gasteiger partial charge in [-0.2, -0.15) is 0 Å². The Balaban J connectivity index is 2.31. The van der Waals surface area contributed by atoms with Crippen LogP contribution in [0.5, 0.6) is 5.75 Å². The SMILES string of the molecule is O=[N+]([O-])COc1ccccc1-c1ccccc1. The highest BCUT2D eigenvalue weighted by molar-refractivity contribution is 5.70. The number of benzene rings is 2. The Morgan fingerprint density at radius 3 is 2.35 bits per heavy atom. The molecule has 0 aliphatic rings. The first kappa shape index (κ1) is 11.1. The van der Waals surface area contributed by atoms with Gasteiger partial charge in [-0.3, -0.25) is 10.1 Å². The first-order valence-corrected chi connectivity index (χ1v) is 5.16. The summed E-state index contributed by atoms with van der Waals surface area (Å²) in [7, 11) is 0. The second kappa shape index (κ2) is 5.12. The lowest BCUT2D eigenvalue weighted by Gasteiger charge is -2.08. The quantitative estimate of drug-likeness (QED) is 0.460. The zero-order chi connectivity index (χ0) is 12.1. The summed E-state index contributed by atoms with van der Waals surface area (Å²) in [6, 6.07) is 16.9. The zero-order valence-corrected chi connectivity index (χ0v) is 9.08. The van der Waals surface area contributed by atoms with Crippen molar-refractivity contribution in [1.29, 1.82) is 0 Å². The summed E-state index contributed by atoms with van der Waals surface area (Å²) in [5, 5.41) is 10.3. The van der Waals surface area contributed by atoms with Gasteiger partial charge in [0.2, 0.25) is 0 Å². The normalized spacial score (nSPS) is 9.88. The molecule has 0 aliphatic carbocycles. The zero-order valence-electron chi connectivity index (χ0n) is 9.08. The van der Waals surface area contributed by atoms with Crippen LogP contribution < -0.4 is 4.74 Å². The molecule has 0 atom stereocenters. The average molecular weight is 229 g/mol. The number of para-hydroxylation sites is 1. The third-order valence-electron chi connectivity index (χ3n) is 2.30. The monoisotopic (exact) mass is 229 g/mol. The summed E-state index contributed by atoms with van der Waals surface area (Å²) in [6.07, 6.45) is 0. The van der Waals surface area contributed by atoms with Crippen molar-refractivity contribution in [3.8, 4) is 16.9 Å². The molecule has 2 aromatic carbocycles. The Morgan fingerprint density at radius 2 is 1.65 bits per heavy atom. The van der Waals surface area contributed by atoms with Gasteiger partial charge < -0.3 is 4.74 Å². The number of hydrogen-bond donors (Lipinski definition) is 0. The molecular weight excluding hydrogens is 218 g/mol. The second-order valence-corrected chi connectivity index (χ2v) is 3.47. The van der Waals surface area contributed by atoms with Crippen molar-refractivity contribution in [2.45, 2.75) is 0 Å². The molecule has 0 fully saturated rings. The molecule has 2 rings (SSSR count). The van der Waals surface area contributed by atoms with Crippen LogP contribution in [0, 0.1) is 10.1 Å². The summed E-state index contributed by atoms with van der Waals surface area (Å²) < 4.78 is 5.15. The summed E-state index contributed by atoms with van der Waals surface area (Å²) in [6.45, 7) is -0.524. The number of nitro groups is 1. The standard InChI is InChI=1S/C13H11NO3/c15-14(16)10-17-13-9-5-4-8-12(13)11-6-2-1-3-7-11/h1-9H,10H2. The average Bonchev–Trinajstić information content (AvgIpc) is 2.38. The van der Waals surface area contributed by atoms with Crippen molar-refractivity contribution in [2.24, 2.45) is 0 Å². The van der Waals surface area contributed by atoms with E-state index in [0.717, 1.165) is 11.1 Å². The van der Waals surface area contributed by atoms with Crippen LogP contribution in [0.4, 0.5) is 0 Å². The van der Waals surface area contributed by atoms with Gasteiger partial charge in [-0.1, -0.05) is 48.5 Å². The molecule has 0 amide bonds. The van der Waals surface area contributed by atoms with Crippen molar-refractivity contribution < 1.29 is 9.66 Å². The molecule has 2 aromatic rings. The number of hydrogen-bond acceptors (Lipinski definition) is 3. The first-order valence-electron chi connectivity index (χ1n) is 5.16. The predicted octanol–water partition coefficient (Wildman–Crippen LogP) is 2.97. The smallest absolute Gasteiger partial charge is 0.344 e. The summed E-state index contributed by atoms with van der Waals surface area (Å²) in [5.41, 5.74) is 1.83. The predicted molar refractivity (Wildman–Crippen MR) is 64.4 cm³/mol. The molecule has 0 N–H and O–H groups in total. The highest BCUT2D eigenvalue weighted by Crippen LogP contribution is 2.29. The minimum atomic E-state index is -0.524. The summed E-state index contributed by atoms with van der Waals surface area (Å²) in [4.78, 5) is 9.80. The molecule has 17 heavy (non-hydrogen) atoms. The van der Waals surface area contributed by atoms with Gasteiger partial charge in [0.15, 0.2) is 0 Å². The van der Waals surface area contributed by atoms with E-state index in [1.165, 1.54) is 0 Å². The highest BCUT2D eigenvalue weighted by Gasteiger charge is 2.07. The Hall–Kier alpha value is -2.36. The maximum Gasteiger partial charge on any atom is 0.344 e. The maximum absolute atomic E-state index is 10.3. The van der Waals surface area contributed by atoms with Crippen LogP contribution in [0.15, 0.2) is 54.6 Å². The molecule has 0 radical (unpaired) electrons. The van der Waals surface area contributed by atoms with Crippen LogP contribution >= 0.6 is 0 Å². The molecule has 4 nitrogen and oxygen atoms in total. The number of ether oxygens (including phenoxy) is 1. The van der Waals surface area contributed by atoms with Gasteiger partial charge >= 0.3 is 6.73 Å². The Labute approximate surface area is 98.6 Å². The van der Waals surface area contributed by atoms with Crippen LogP contribution in [0.3, 0.4) is 0 Å². The molecule has 0 bridgehead atoms. The Kier molecular flexibility index (Phi) is 3.35. The van der Waals surface area contributed by atoms with Gasteiger partial charge in [-0.15, -0.1) is 0 Å². The summed E-state index contributed by atoms with van der Waals surface area (Å²) >= 11 is 0. The largest absolute Gasteiger partial charge is 0.431 e. The van der Waals surface area contributed by atoms with E-state index < -0.39 is 11.7 Å². The summed E-state index contributed by atoms with van der Waals surface area (Å²) in [5.74, 6) is 0.524. The number of rotatable bonds is 4. The van der Waals surface area contributed by atoms with Gasteiger partial charge in [-0.25, -0.2) is 0 Å². The molecule has 0 aliphatic heterocycles. The molecule has 0 spiro atoms. The first-order chi connectivity index (χ1) is 8.27. The second-order valence-electron chi connectivity index (χ2n) is 3.47. The fraction of sp³-hybridized carbons (Fsp3) is 0.0769. The van der Waals surface area contributed by atoms with Gasteiger partial charge in [0, 0.05) is 5.56 Å².